The van der Waals surface area contributed by atoms with Crippen LogP contribution in [0.5, 0.6) is 0 Å². The van der Waals surface area contributed by atoms with Crippen molar-refractivity contribution >= 4 is 16.9 Å². The van der Waals surface area contributed by atoms with Crippen LogP contribution in [0.3, 0.4) is 0 Å². The van der Waals surface area contributed by atoms with Gasteiger partial charge in [-0.1, -0.05) is 24.3 Å². The first-order chi connectivity index (χ1) is 11.2. The van der Waals surface area contributed by atoms with Crippen LogP contribution in [0, 0.1) is 6.92 Å². The first kappa shape index (κ1) is 15.0. The number of fused-ring (bicyclic) bond motifs is 1. The fourth-order valence-electron chi connectivity index (χ4n) is 2.43. The van der Waals surface area contributed by atoms with Crippen molar-refractivity contribution in [3.05, 3.63) is 48.4 Å². The number of hydrogen-bond donors (Lipinski definition) is 0. The van der Waals surface area contributed by atoms with E-state index in [1.807, 2.05) is 34.9 Å². The van der Waals surface area contributed by atoms with Gasteiger partial charge in [-0.05, 0) is 19.1 Å². The predicted octanol–water partition coefficient (Wildman–Crippen LogP) is 3.12. The van der Waals surface area contributed by atoms with Crippen LogP contribution in [0.25, 0.3) is 22.5 Å². The number of nitrogens with zero attached hydrogens (tertiary/aromatic N) is 3. The quantitative estimate of drug-likeness (QED) is 0.535. The molecule has 0 unspecified atom stereocenters. The molecular weight excluding hydrogens is 294 g/mol. The zero-order chi connectivity index (χ0) is 16.2. The van der Waals surface area contributed by atoms with E-state index in [2.05, 4.69) is 10.2 Å². The van der Waals surface area contributed by atoms with Crippen LogP contribution in [0.15, 0.2) is 46.9 Å². The molecule has 0 saturated carbocycles. The summed E-state index contributed by atoms with van der Waals surface area (Å²) in [5.41, 5.74) is 1.85. The van der Waals surface area contributed by atoms with Gasteiger partial charge < -0.3 is 13.7 Å². The highest BCUT2D eigenvalue weighted by Crippen LogP contribution is 2.27. The Kier molecular flexibility index (Phi) is 4.23. The summed E-state index contributed by atoms with van der Waals surface area (Å²) in [6, 6.07) is 9.98. The lowest BCUT2D eigenvalue weighted by Crippen LogP contribution is -2.02. The van der Waals surface area contributed by atoms with E-state index >= 15 is 0 Å². The van der Waals surface area contributed by atoms with Crippen molar-refractivity contribution in [3.8, 4) is 11.6 Å². The van der Waals surface area contributed by atoms with Crippen molar-refractivity contribution in [2.45, 2.75) is 20.4 Å². The first-order valence-electron chi connectivity index (χ1n) is 7.41. The summed E-state index contributed by atoms with van der Waals surface area (Å²) < 4.78 is 12.5. The minimum absolute atomic E-state index is 0.348. The fraction of sp³-hybridized carbons (Fsp3) is 0.235. The molecule has 6 nitrogen and oxygen atoms in total. The summed E-state index contributed by atoms with van der Waals surface area (Å²) in [5.74, 6) is 0.626. The van der Waals surface area contributed by atoms with Crippen LogP contribution in [0.4, 0.5) is 0 Å². The molecular formula is C17H17N3O3. The Hall–Kier alpha value is -2.89. The van der Waals surface area contributed by atoms with E-state index in [0.717, 1.165) is 16.6 Å². The molecule has 0 fully saturated rings. The first-order valence-corrected chi connectivity index (χ1v) is 7.41. The second kappa shape index (κ2) is 6.48. The summed E-state index contributed by atoms with van der Waals surface area (Å²) in [6.45, 7) is 4.40. The van der Waals surface area contributed by atoms with Crippen molar-refractivity contribution in [3.63, 3.8) is 0 Å². The van der Waals surface area contributed by atoms with Gasteiger partial charge in [0.1, 0.15) is 5.69 Å². The smallest absolute Gasteiger partial charge is 0.330 e. The van der Waals surface area contributed by atoms with Gasteiger partial charge in [0, 0.05) is 30.4 Å². The van der Waals surface area contributed by atoms with Crippen molar-refractivity contribution in [1.82, 2.24) is 14.8 Å². The minimum Gasteiger partial charge on any atom is -0.463 e. The predicted molar refractivity (Wildman–Crippen MR) is 85.7 cm³/mol. The largest absolute Gasteiger partial charge is 0.463 e. The highest BCUT2D eigenvalue weighted by molar-refractivity contribution is 5.86. The van der Waals surface area contributed by atoms with E-state index in [4.69, 9.17) is 9.15 Å². The topological polar surface area (TPSA) is 70.2 Å². The Morgan fingerprint density at radius 3 is 2.91 bits per heavy atom. The van der Waals surface area contributed by atoms with Crippen molar-refractivity contribution in [2.75, 3.05) is 6.61 Å². The normalized spacial score (nSPS) is 11.4. The number of hydrogen-bond acceptors (Lipinski definition) is 5. The van der Waals surface area contributed by atoms with Gasteiger partial charge in [0.25, 0.3) is 5.89 Å². The molecule has 0 atom stereocenters. The van der Waals surface area contributed by atoms with E-state index in [1.54, 1.807) is 19.9 Å². The molecule has 0 bridgehead atoms. The minimum atomic E-state index is -0.348. The van der Waals surface area contributed by atoms with Gasteiger partial charge >= 0.3 is 5.97 Å². The third-order valence-corrected chi connectivity index (χ3v) is 3.38. The lowest BCUT2D eigenvalue weighted by atomic mass is 10.2. The van der Waals surface area contributed by atoms with Gasteiger partial charge in [-0.15, -0.1) is 10.2 Å². The number of para-hydroxylation sites is 1. The average molecular weight is 311 g/mol. The maximum absolute atomic E-state index is 11.4. The van der Waals surface area contributed by atoms with E-state index < -0.39 is 0 Å². The van der Waals surface area contributed by atoms with Gasteiger partial charge in [0.15, 0.2) is 0 Å². The highest BCUT2D eigenvalue weighted by Gasteiger charge is 2.14. The molecule has 2 aromatic heterocycles. The van der Waals surface area contributed by atoms with Crippen LogP contribution >= 0.6 is 0 Å². The third kappa shape index (κ3) is 3.15. The third-order valence-electron chi connectivity index (χ3n) is 3.38. The van der Waals surface area contributed by atoms with Crippen LogP contribution in [0.2, 0.25) is 0 Å². The molecule has 0 N–H and O–H groups in total. The number of allylic oxidation sites excluding steroid dienone is 1. The second-order valence-electron chi connectivity index (χ2n) is 4.98. The standard InChI is InChI=1S/C17H17N3O3/c1-3-22-16(21)9-6-10-20-14-8-5-4-7-13(14)11-15(20)17-19-18-12(2)23-17/h4-9,11H,3,10H2,1-2H3/b9-6+. The van der Waals surface area contributed by atoms with Gasteiger partial charge in [0.2, 0.25) is 5.89 Å². The number of rotatable bonds is 5. The zero-order valence-corrected chi connectivity index (χ0v) is 13.0. The number of esters is 1. The monoisotopic (exact) mass is 311 g/mol. The average Bonchev–Trinajstić information content (AvgIpc) is 3.12. The summed E-state index contributed by atoms with van der Waals surface area (Å²) in [4.78, 5) is 11.4. The molecule has 0 radical (unpaired) electrons. The zero-order valence-electron chi connectivity index (χ0n) is 13.0. The number of aryl methyl sites for hydroxylation is 1. The molecule has 0 aliphatic heterocycles. The van der Waals surface area contributed by atoms with Crippen molar-refractivity contribution in [1.29, 1.82) is 0 Å². The fourth-order valence-corrected chi connectivity index (χ4v) is 2.43. The molecule has 118 valence electrons. The molecule has 1 aromatic carbocycles. The molecule has 0 aliphatic rings. The number of benzene rings is 1. The molecule has 3 aromatic rings. The van der Waals surface area contributed by atoms with Crippen LogP contribution in [-0.4, -0.2) is 27.3 Å². The second-order valence-corrected chi connectivity index (χ2v) is 4.98. The lowest BCUT2D eigenvalue weighted by Gasteiger charge is -2.05. The molecule has 0 saturated heterocycles. The van der Waals surface area contributed by atoms with Crippen LogP contribution in [0.1, 0.15) is 12.8 Å². The Labute approximate surface area is 133 Å². The Morgan fingerprint density at radius 2 is 2.17 bits per heavy atom. The van der Waals surface area contributed by atoms with E-state index in [9.17, 15) is 4.79 Å². The Morgan fingerprint density at radius 1 is 1.35 bits per heavy atom. The highest BCUT2D eigenvalue weighted by atomic mass is 16.5. The Bertz CT molecular complexity index is 861. The summed E-state index contributed by atoms with van der Waals surface area (Å²) in [6.07, 6.45) is 3.19. The van der Waals surface area contributed by atoms with Gasteiger partial charge in [-0.3, -0.25) is 0 Å². The molecule has 0 spiro atoms. The van der Waals surface area contributed by atoms with Gasteiger partial charge in [-0.2, -0.15) is 0 Å². The van der Waals surface area contributed by atoms with Crippen LogP contribution in [-0.2, 0) is 16.1 Å². The lowest BCUT2D eigenvalue weighted by molar-refractivity contribution is -0.137. The van der Waals surface area contributed by atoms with E-state index in [-0.39, 0.29) is 5.97 Å². The van der Waals surface area contributed by atoms with Crippen molar-refractivity contribution in [2.24, 2.45) is 0 Å². The molecule has 6 heteroatoms. The summed E-state index contributed by atoms with van der Waals surface area (Å²) >= 11 is 0. The number of ether oxygens (including phenoxy) is 1. The summed E-state index contributed by atoms with van der Waals surface area (Å²) in [7, 11) is 0. The Balaban J connectivity index is 1.98. The molecule has 3 rings (SSSR count). The molecule has 0 aliphatic carbocycles. The van der Waals surface area contributed by atoms with E-state index in [1.165, 1.54) is 6.08 Å². The molecule has 23 heavy (non-hydrogen) atoms. The van der Waals surface area contributed by atoms with Crippen molar-refractivity contribution < 1.29 is 13.9 Å². The SMILES string of the molecule is CCOC(=O)/C=C/Cn1c(-c2nnc(C)o2)cc2ccccc21. The maximum Gasteiger partial charge on any atom is 0.330 e. The number of aromatic nitrogens is 3. The van der Waals surface area contributed by atoms with Gasteiger partial charge in [-0.25, -0.2) is 4.79 Å². The number of carbonyl (C=O) groups is 1. The number of carbonyl (C=O) groups excluding carboxylic acids is 1. The summed E-state index contributed by atoms with van der Waals surface area (Å²) in [5, 5.41) is 9.05. The maximum atomic E-state index is 11.4. The van der Waals surface area contributed by atoms with E-state index in [0.29, 0.717) is 24.9 Å². The van der Waals surface area contributed by atoms with Crippen LogP contribution < -0.4 is 0 Å². The molecule has 0 amide bonds. The van der Waals surface area contributed by atoms with Gasteiger partial charge in [0.05, 0.1) is 6.61 Å². The molecule has 2 heterocycles.